The minimum atomic E-state index is 0.110. The van der Waals surface area contributed by atoms with Gasteiger partial charge in [-0.25, -0.2) is 0 Å². The van der Waals surface area contributed by atoms with Gasteiger partial charge in [-0.2, -0.15) is 11.8 Å². The standard InChI is InChI=1S/C13H21NOS/c1-9(2)11-7-10(12(14)8-16-4)5-6-13(11)15-3/h5-7,9,12H,8,14H2,1-4H3. The van der Waals surface area contributed by atoms with E-state index in [0.29, 0.717) is 5.92 Å². The van der Waals surface area contributed by atoms with Crippen LogP contribution in [0.5, 0.6) is 5.75 Å². The van der Waals surface area contributed by atoms with Gasteiger partial charge in [0.05, 0.1) is 7.11 Å². The highest BCUT2D eigenvalue weighted by Gasteiger charge is 2.11. The Morgan fingerprint density at radius 1 is 1.38 bits per heavy atom. The Labute approximate surface area is 103 Å². The number of ether oxygens (including phenoxy) is 1. The number of rotatable bonds is 5. The number of benzene rings is 1. The second-order valence-electron chi connectivity index (χ2n) is 4.22. The molecule has 1 aromatic carbocycles. The summed E-state index contributed by atoms with van der Waals surface area (Å²) in [7, 11) is 1.71. The van der Waals surface area contributed by atoms with E-state index < -0.39 is 0 Å². The second-order valence-corrected chi connectivity index (χ2v) is 5.13. The van der Waals surface area contributed by atoms with E-state index in [2.05, 4.69) is 32.2 Å². The summed E-state index contributed by atoms with van der Waals surface area (Å²) < 4.78 is 5.36. The minimum absolute atomic E-state index is 0.110. The molecule has 1 unspecified atom stereocenters. The molecule has 1 rings (SSSR count). The van der Waals surface area contributed by atoms with Crippen LogP contribution in [0.25, 0.3) is 0 Å². The van der Waals surface area contributed by atoms with Crippen molar-refractivity contribution in [2.75, 3.05) is 19.1 Å². The molecular weight excluding hydrogens is 218 g/mol. The number of hydrogen-bond acceptors (Lipinski definition) is 3. The van der Waals surface area contributed by atoms with Crippen LogP contribution in [0, 0.1) is 0 Å². The van der Waals surface area contributed by atoms with Crippen molar-refractivity contribution in [1.82, 2.24) is 0 Å². The molecule has 0 saturated heterocycles. The average molecular weight is 239 g/mol. The summed E-state index contributed by atoms with van der Waals surface area (Å²) in [6, 6.07) is 6.36. The first kappa shape index (κ1) is 13.4. The zero-order valence-corrected chi connectivity index (χ0v) is 11.3. The highest BCUT2D eigenvalue weighted by molar-refractivity contribution is 7.98. The topological polar surface area (TPSA) is 35.2 Å². The van der Waals surface area contributed by atoms with Crippen molar-refractivity contribution in [1.29, 1.82) is 0 Å². The summed E-state index contributed by atoms with van der Waals surface area (Å²) in [5.74, 6) is 2.36. The summed E-state index contributed by atoms with van der Waals surface area (Å²) in [6.07, 6.45) is 2.08. The zero-order chi connectivity index (χ0) is 12.1. The average Bonchev–Trinajstić information content (AvgIpc) is 2.28. The van der Waals surface area contributed by atoms with Crippen molar-refractivity contribution in [3.63, 3.8) is 0 Å². The molecule has 1 atom stereocenters. The lowest BCUT2D eigenvalue weighted by Crippen LogP contribution is -2.13. The van der Waals surface area contributed by atoms with E-state index in [9.17, 15) is 0 Å². The highest BCUT2D eigenvalue weighted by atomic mass is 32.2. The molecule has 0 aromatic heterocycles. The quantitative estimate of drug-likeness (QED) is 0.857. The van der Waals surface area contributed by atoms with Crippen LogP contribution >= 0.6 is 11.8 Å². The Morgan fingerprint density at radius 2 is 2.06 bits per heavy atom. The lowest BCUT2D eigenvalue weighted by Gasteiger charge is -2.16. The van der Waals surface area contributed by atoms with Crippen molar-refractivity contribution in [2.45, 2.75) is 25.8 Å². The van der Waals surface area contributed by atoms with E-state index >= 15 is 0 Å². The first-order valence-corrected chi connectivity index (χ1v) is 6.91. The normalized spacial score (nSPS) is 12.9. The summed E-state index contributed by atoms with van der Waals surface area (Å²) in [4.78, 5) is 0. The fourth-order valence-corrected chi connectivity index (χ4v) is 2.26. The maximum Gasteiger partial charge on any atom is 0.122 e. The lowest BCUT2D eigenvalue weighted by molar-refractivity contribution is 0.407. The van der Waals surface area contributed by atoms with E-state index in [1.54, 1.807) is 18.9 Å². The Kier molecular flexibility index (Phi) is 5.16. The van der Waals surface area contributed by atoms with Crippen molar-refractivity contribution in [3.05, 3.63) is 29.3 Å². The number of hydrogen-bond donors (Lipinski definition) is 1. The van der Waals surface area contributed by atoms with Crippen molar-refractivity contribution in [3.8, 4) is 5.75 Å². The molecule has 2 N–H and O–H groups in total. The summed E-state index contributed by atoms with van der Waals surface area (Å²) >= 11 is 1.77. The highest BCUT2D eigenvalue weighted by Crippen LogP contribution is 2.29. The predicted molar refractivity (Wildman–Crippen MR) is 72.4 cm³/mol. The van der Waals surface area contributed by atoms with Gasteiger partial charge in [-0.15, -0.1) is 0 Å². The van der Waals surface area contributed by atoms with Gasteiger partial charge in [-0.05, 0) is 29.4 Å². The Bertz CT molecular complexity index is 339. The molecule has 1 aromatic rings. The third-order valence-electron chi connectivity index (χ3n) is 2.65. The molecule has 0 fully saturated rings. The lowest BCUT2D eigenvalue weighted by atomic mass is 9.97. The van der Waals surface area contributed by atoms with Gasteiger partial charge in [-0.3, -0.25) is 0 Å². The van der Waals surface area contributed by atoms with Crippen molar-refractivity contribution in [2.24, 2.45) is 5.73 Å². The zero-order valence-electron chi connectivity index (χ0n) is 10.5. The maximum atomic E-state index is 6.10. The van der Waals surface area contributed by atoms with Gasteiger partial charge in [0, 0.05) is 11.8 Å². The van der Waals surface area contributed by atoms with Gasteiger partial charge in [0.2, 0.25) is 0 Å². The van der Waals surface area contributed by atoms with Gasteiger partial charge in [0.25, 0.3) is 0 Å². The third-order valence-corrected chi connectivity index (χ3v) is 3.34. The fourth-order valence-electron chi connectivity index (χ4n) is 1.71. The van der Waals surface area contributed by atoms with Crippen LogP contribution in [0.2, 0.25) is 0 Å². The van der Waals surface area contributed by atoms with E-state index in [0.717, 1.165) is 11.5 Å². The second kappa shape index (κ2) is 6.16. The van der Waals surface area contributed by atoms with Gasteiger partial charge >= 0.3 is 0 Å². The van der Waals surface area contributed by atoms with Gasteiger partial charge in [0.1, 0.15) is 5.75 Å². The van der Waals surface area contributed by atoms with Gasteiger partial charge in [-0.1, -0.05) is 26.0 Å². The maximum absolute atomic E-state index is 6.10. The summed E-state index contributed by atoms with van der Waals surface area (Å²) in [5, 5.41) is 0. The monoisotopic (exact) mass is 239 g/mol. The molecule has 0 aliphatic carbocycles. The molecule has 0 aliphatic rings. The minimum Gasteiger partial charge on any atom is -0.496 e. The Hall–Kier alpha value is -0.670. The molecular formula is C13H21NOS. The molecule has 0 bridgehead atoms. The van der Waals surface area contributed by atoms with E-state index in [4.69, 9.17) is 10.5 Å². The van der Waals surface area contributed by atoms with Crippen LogP contribution in [-0.2, 0) is 0 Å². The van der Waals surface area contributed by atoms with Crippen molar-refractivity contribution >= 4 is 11.8 Å². The van der Waals surface area contributed by atoms with Crippen LogP contribution in [0.3, 0.4) is 0 Å². The largest absolute Gasteiger partial charge is 0.496 e. The van der Waals surface area contributed by atoms with E-state index in [-0.39, 0.29) is 6.04 Å². The predicted octanol–water partition coefficient (Wildman–Crippen LogP) is 3.18. The van der Waals surface area contributed by atoms with E-state index in [1.165, 1.54) is 11.1 Å². The molecule has 0 heterocycles. The molecule has 2 nitrogen and oxygen atoms in total. The third kappa shape index (κ3) is 3.16. The Morgan fingerprint density at radius 3 is 2.56 bits per heavy atom. The van der Waals surface area contributed by atoms with Crippen LogP contribution in [0.15, 0.2) is 18.2 Å². The Balaban J connectivity index is 3.01. The molecule has 0 aliphatic heterocycles. The number of methoxy groups -OCH3 is 1. The molecule has 0 saturated carbocycles. The SMILES string of the molecule is COc1ccc(C(N)CSC)cc1C(C)C. The number of thioether (sulfide) groups is 1. The number of nitrogens with two attached hydrogens (primary N) is 1. The van der Waals surface area contributed by atoms with Crippen molar-refractivity contribution < 1.29 is 4.74 Å². The smallest absolute Gasteiger partial charge is 0.122 e. The van der Waals surface area contributed by atoms with Crippen LogP contribution < -0.4 is 10.5 Å². The fraction of sp³-hybridized carbons (Fsp3) is 0.538. The first-order valence-electron chi connectivity index (χ1n) is 5.52. The molecule has 0 amide bonds. The molecule has 0 spiro atoms. The van der Waals surface area contributed by atoms with Gasteiger partial charge in [0.15, 0.2) is 0 Å². The molecule has 90 valence electrons. The van der Waals surface area contributed by atoms with E-state index in [1.807, 2.05) is 6.07 Å². The molecule has 16 heavy (non-hydrogen) atoms. The molecule has 0 radical (unpaired) electrons. The van der Waals surface area contributed by atoms with Crippen LogP contribution in [0.1, 0.15) is 36.9 Å². The molecule has 3 heteroatoms. The summed E-state index contributed by atoms with van der Waals surface area (Å²) in [5.41, 5.74) is 8.53. The van der Waals surface area contributed by atoms with Crippen LogP contribution in [-0.4, -0.2) is 19.1 Å². The van der Waals surface area contributed by atoms with Gasteiger partial charge < -0.3 is 10.5 Å². The summed E-state index contributed by atoms with van der Waals surface area (Å²) in [6.45, 7) is 4.34. The van der Waals surface area contributed by atoms with Crippen LogP contribution in [0.4, 0.5) is 0 Å². The first-order chi connectivity index (χ1) is 7.60.